The molecule has 8 nitrogen and oxygen atoms in total. The Kier molecular flexibility index (Phi) is 9.15. The predicted octanol–water partition coefficient (Wildman–Crippen LogP) is 7.12. The van der Waals surface area contributed by atoms with Crippen molar-refractivity contribution in [3.05, 3.63) is 52.6 Å². The molecule has 46 heavy (non-hydrogen) atoms. The number of aromatic nitrogens is 3. The van der Waals surface area contributed by atoms with Crippen LogP contribution in [0.2, 0.25) is 0 Å². The van der Waals surface area contributed by atoms with Crippen molar-refractivity contribution in [1.82, 2.24) is 19.4 Å². The van der Waals surface area contributed by atoms with Gasteiger partial charge in [0.25, 0.3) is 6.47 Å². The quantitative estimate of drug-likeness (QED) is 0.151. The fourth-order valence-electron chi connectivity index (χ4n) is 6.61. The van der Waals surface area contributed by atoms with Gasteiger partial charge in [-0.3, -0.25) is 14.7 Å². The van der Waals surface area contributed by atoms with E-state index in [-0.39, 0.29) is 6.61 Å². The van der Waals surface area contributed by atoms with Crippen LogP contribution in [0.15, 0.2) is 41.4 Å². The molecule has 2 aliphatic rings. The van der Waals surface area contributed by atoms with E-state index in [0.717, 1.165) is 48.7 Å². The number of pyridine rings is 1. The van der Waals surface area contributed by atoms with Crippen molar-refractivity contribution in [1.29, 1.82) is 0 Å². The topological polar surface area (TPSA) is 72.7 Å². The maximum Gasteiger partial charge on any atom is 0.406 e. The summed E-state index contributed by atoms with van der Waals surface area (Å²) in [7, 11) is 1.58. The van der Waals surface area contributed by atoms with Crippen LogP contribution in [0.3, 0.4) is 0 Å². The second kappa shape index (κ2) is 13.0. The number of benzene rings is 1. The zero-order chi connectivity index (χ0) is 32.6. The Bertz CT molecular complexity index is 1680. The van der Waals surface area contributed by atoms with Gasteiger partial charge in [-0.1, -0.05) is 19.9 Å². The van der Waals surface area contributed by atoms with E-state index in [4.69, 9.17) is 14.5 Å². The first kappa shape index (κ1) is 32.5. The third-order valence-electron chi connectivity index (χ3n) is 9.07. The van der Waals surface area contributed by atoms with E-state index in [1.165, 1.54) is 28.7 Å². The summed E-state index contributed by atoms with van der Waals surface area (Å²) in [4.78, 5) is 25.3. The monoisotopic (exact) mass is 655 g/mol. The Morgan fingerprint density at radius 1 is 1.11 bits per heavy atom. The summed E-state index contributed by atoms with van der Waals surface area (Å²) in [5.41, 5.74) is 6.43. The van der Waals surface area contributed by atoms with Crippen molar-refractivity contribution in [3.8, 4) is 22.5 Å². The molecule has 1 aliphatic heterocycles. The van der Waals surface area contributed by atoms with E-state index in [0.29, 0.717) is 46.8 Å². The molecular formula is C34H40F3N5O3S. The number of rotatable bonds is 12. The number of nitrogens with zero attached hydrogens (tertiary/aromatic N) is 5. The predicted molar refractivity (Wildman–Crippen MR) is 174 cm³/mol. The van der Waals surface area contributed by atoms with E-state index >= 15 is 0 Å². The van der Waals surface area contributed by atoms with Gasteiger partial charge in [-0.2, -0.15) is 13.2 Å². The number of ether oxygens (including phenoxy) is 2. The van der Waals surface area contributed by atoms with Gasteiger partial charge in [0, 0.05) is 72.2 Å². The number of thiazole rings is 1. The summed E-state index contributed by atoms with van der Waals surface area (Å²) < 4.78 is 55.6. The van der Waals surface area contributed by atoms with Gasteiger partial charge in [-0.05, 0) is 49.9 Å². The van der Waals surface area contributed by atoms with Gasteiger partial charge < -0.3 is 18.9 Å². The summed E-state index contributed by atoms with van der Waals surface area (Å²) in [6.07, 6.45) is -0.291. The first-order chi connectivity index (χ1) is 22.0. The number of piperazine rings is 1. The molecule has 0 radical (unpaired) electrons. The van der Waals surface area contributed by atoms with Crippen LogP contribution in [0, 0.1) is 5.41 Å². The number of halogens is 3. The highest BCUT2D eigenvalue weighted by molar-refractivity contribution is 7.07. The smallest absolute Gasteiger partial charge is 0.406 e. The Balaban J connectivity index is 1.58. The molecule has 0 spiro atoms. The van der Waals surface area contributed by atoms with E-state index in [1.54, 1.807) is 18.7 Å². The maximum absolute atomic E-state index is 14.4. The van der Waals surface area contributed by atoms with Gasteiger partial charge in [0.1, 0.15) is 6.54 Å². The number of alkyl halides is 3. The van der Waals surface area contributed by atoms with Gasteiger partial charge in [-0.15, -0.1) is 11.3 Å². The van der Waals surface area contributed by atoms with Crippen LogP contribution in [-0.2, 0) is 27.2 Å². The van der Waals surface area contributed by atoms with Crippen LogP contribution in [-0.4, -0.2) is 78.0 Å². The summed E-state index contributed by atoms with van der Waals surface area (Å²) in [5.74, 6) is 0. The lowest BCUT2D eigenvalue weighted by Crippen LogP contribution is -2.47. The Morgan fingerprint density at radius 2 is 1.87 bits per heavy atom. The number of hydrogen-bond donors (Lipinski definition) is 0. The van der Waals surface area contributed by atoms with Crippen molar-refractivity contribution in [3.63, 3.8) is 0 Å². The molecule has 1 atom stereocenters. The minimum absolute atomic E-state index is 0.110. The molecule has 4 aromatic rings. The minimum atomic E-state index is -4.49. The zero-order valence-corrected chi connectivity index (χ0v) is 27.5. The van der Waals surface area contributed by atoms with E-state index in [2.05, 4.69) is 14.8 Å². The lowest BCUT2D eigenvalue weighted by atomic mass is 9.84. The highest BCUT2D eigenvalue weighted by atomic mass is 32.1. The van der Waals surface area contributed by atoms with Gasteiger partial charge in [0.05, 0.1) is 47.2 Å². The standard InChI is InChI=1S/C34H40F3N5O3S/c1-22(44-4)31-27(14-25(16-38-31)41-11-9-40(10-12-41)24-6-7-24)32-28(15-33(2,3)19-45-21-43)26-13-23(29-17-46-20-39-29)5-8-30(26)42(32)18-34(35,36)37/h5,8,13-14,16-17,20-22,24H,6-7,9-12,15,18-19H2,1-4H3. The number of anilines is 1. The minimum Gasteiger partial charge on any atom is -0.467 e. The van der Waals surface area contributed by atoms with Crippen molar-refractivity contribution < 1.29 is 27.4 Å². The maximum atomic E-state index is 14.4. The summed E-state index contributed by atoms with van der Waals surface area (Å²) in [6.45, 7) is 8.63. The van der Waals surface area contributed by atoms with E-state index in [1.807, 2.05) is 50.5 Å². The highest BCUT2D eigenvalue weighted by Gasteiger charge is 2.35. The van der Waals surface area contributed by atoms with Gasteiger partial charge in [0.2, 0.25) is 0 Å². The third-order valence-corrected chi connectivity index (χ3v) is 9.66. The molecule has 1 unspecified atom stereocenters. The fraction of sp³-hybridized carbons (Fsp3) is 0.500. The second-order valence-corrected chi connectivity index (χ2v) is 13.9. The third kappa shape index (κ3) is 6.94. The summed E-state index contributed by atoms with van der Waals surface area (Å²) >= 11 is 1.46. The fourth-order valence-corrected chi connectivity index (χ4v) is 7.17. The van der Waals surface area contributed by atoms with Gasteiger partial charge >= 0.3 is 6.18 Å². The van der Waals surface area contributed by atoms with E-state index in [9.17, 15) is 18.0 Å². The largest absolute Gasteiger partial charge is 0.467 e. The van der Waals surface area contributed by atoms with Gasteiger partial charge in [-0.25, -0.2) is 4.98 Å². The highest BCUT2D eigenvalue weighted by Crippen LogP contribution is 2.44. The molecule has 4 heterocycles. The second-order valence-electron chi connectivity index (χ2n) is 13.1. The lowest BCUT2D eigenvalue weighted by Gasteiger charge is -2.36. The van der Waals surface area contributed by atoms with Gasteiger partial charge in [0.15, 0.2) is 0 Å². The van der Waals surface area contributed by atoms with Crippen molar-refractivity contribution in [2.45, 2.75) is 64.9 Å². The molecule has 6 rings (SSSR count). The van der Waals surface area contributed by atoms with Crippen LogP contribution < -0.4 is 4.90 Å². The number of methoxy groups -OCH3 is 1. The van der Waals surface area contributed by atoms with Crippen molar-refractivity contribution in [2.24, 2.45) is 5.41 Å². The molecule has 0 amide bonds. The van der Waals surface area contributed by atoms with Crippen molar-refractivity contribution in [2.75, 3.05) is 44.8 Å². The molecule has 1 saturated carbocycles. The molecular weight excluding hydrogens is 615 g/mol. The van der Waals surface area contributed by atoms with E-state index < -0.39 is 24.2 Å². The first-order valence-electron chi connectivity index (χ1n) is 15.7. The molecule has 2 fully saturated rings. The molecule has 1 aromatic carbocycles. The number of fused-ring (bicyclic) bond motifs is 1. The SMILES string of the molecule is COC(C)c1ncc(N2CCN(C3CC3)CC2)cc1-c1c(CC(C)(C)COC=O)c2cc(-c3cscn3)ccc2n1CC(F)(F)F. The lowest BCUT2D eigenvalue weighted by molar-refractivity contribution is -0.139. The number of hydrogen-bond acceptors (Lipinski definition) is 8. The molecule has 12 heteroatoms. The van der Waals surface area contributed by atoms with Crippen LogP contribution in [0.5, 0.6) is 0 Å². The Morgan fingerprint density at radius 3 is 2.50 bits per heavy atom. The van der Waals surface area contributed by atoms with Crippen LogP contribution in [0.25, 0.3) is 33.4 Å². The van der Waals surface area contributed by atoms with Crippen LogP contribution in [0.4, 0.5) is 18.9 Å². The number of carbonyl (C=O) groups excluding carboxylic acids is 1. The molecule has 0 N–H and O–H groups in total. The average Bonchev–Trinajstić information content (AvgIpc) is 3.66. The summed E-state index contributed by atoms with van der Waals surface area (Å²) in [5, 5.41) is 2.62. The molecule has 0 bridgehead atoms. The molecule has 1 aliphatic carbocycles. The summed E-state index contributed by atoms with van der Waals surface area (Å²) in [6, 6.07) is 8.19. The Labute approximate surface area is 271 Å². The first-order valence-corrected chi connectivity index (χ1v) is 16.6. The van der Waals surface area contributed by atoms with Crippen LogP contribution >= 0.6 is 11.3 Å². The average molecular weight is 656 g/mol. The zero-order valence-electron chi connectivity index (χ0n) is 26.6. The molecule has 3 aromatic heterocycles. The normalized spacial score (nSPS) is 17.1. The molecule has 1 saturated heterocycles. The van der Waals surface area contributed by atoms with Crippen LogP contribution in [0.1, 0.15) is 51.0 Å². The Hall–Kier alpha value is -3.48. The molecule has 246 valence electrons. The number of carbonyl (C=O) groups is 1. The van der Waals surface area contributed by atoms with Crippen molar-refractivity contribution >= 4 is 34.4 Å².